The molecular formula is C22H33NO3. The highest BCUT2D eigenvalue weighted by Gasteiger charge is 2.23. The first-order valence-electron chi connectivity index (χ1n) is 9.42. The number of hydrogen-bond donors (Lipinski definition) is 2. The first kappa shape index (κ1) is 23.7. The summed E-state index contributed by atoms with van der Waals surface area (Å²) in [6.45, 7) is 9.93. The Morgan fingerprint density at radius 2 is 1.46 bits per heavy atom. The molecule has 0 unspecified atom stereocenters. The highest BCUT2D eigenvalue weighted by molar-refractivity contribution is 5.75. The van der Waals surface area contributed by atoms with Gasteiger partial charge in [0.05, 0.1) is 0 Å². The zero-order valence-electron chi connectivity index (χ0n) is 16.6. The molecule has 4 nitrogen and oxygen atoms in total. The zero-order chi connectivity index (χ0) is 19.8. The predicted octanol–water partition coefficient (Wildman–Crippen LogP) is 4.75. The maximum atomic E-state index is 11.4. The Balaban J connectivity index is 0.00000146. The summed E-state index contributed by atoms with van der Waals surface area (Å²) in [5.74, 6) is 0.586. The van der Waals surface area contributed by atoms with E-state index in [2.05, 4.69) is 5.32 Å². The fourth-order valence-corrected chi connectivity index (χ4v) is 2.11. The minimum Gasteiger partial charge on any atom is -0.483 e. The molecule has 26 heavy (non-hydrogen) atoms. The molecule has 0 aliphatic carbocycles. The Bertz CT molecular complexity index is 572. The van der Waals surface area contributed by atoms with E-state index in [1.807, 2.05) is 88.4 Å². The molecule has 0 spiro atoms. The lowest BCUT2D eigenvalue weighted by molar-refractivity contribution is -0.121. The van der Waals surface area contributed by atoms with E-state index in [-0.39, 0.29) is 12.5 Å². The van der Waals surface area contributed by atoms with Crippen LogP contribution in [0.15, 0.2) is 60.7 Å². The van der Waals surface area contributed by atoms with Crippen molar-refractivity contribution in [1.29, 1.82) is 0 Å². The van der Waals surface area contributed by atoms with E-state index in [4.69, 9.17) is 4.74 Å². The van der Waals surface area contributed by atoms with Crippen LogP contribution in [0.3, 0.4) is 0 Å². The lowest BCUT2D eigenvalue weighted by atomic mass is 10.0. The third-order valence-corrected chi connectivity index (χ3v) is 3.31. The Hall–Kier alpha value is -2.33. The zero-order valence-corrected chi connectivity index (χ0v) is 16.6. The molecule has 0 bridgehead atoms. The number of amides is 1. The van der Waals surface area contributed by atoms with Crippen LogP contribution in [0.2, 0.25) is 0 Å². The molecule has 0 radical (unpaired) electrons. The van der Waals surface area contributed by atoms with E-state index in [1.54, 1.807) is 6.92 Å². The van der Waals surface area contributed by atoms with Gasteiger partial charge in [0.15, 0.2) is 6.10 Å². The minimum atomic E-state index is -0.835. The van der Waals surface area contributed by atoms with Crippen molar-refractivity contribution in [2.45, 2.75) is 53.2 Å². The summed E-state index contributed by atoms with van der Waals surface area (Å²) in [5.41, 5.74) is 0.865. The molecule has 0 aliphatic heterocycles. The molecule has 1 amide bonds. The van der Waals surface area contributed by atoms with E-state index < -0.39 is 12.2 Å². The summed E-state index contributed by atoms with van der Waals surface area (Å²) in [7, 11) is 0. The summed E-state index contributed by atoms with van der Waals surface area (Å²) in [5, 5.41) is 13.1. The molecule has 2 N–H and O–H groups in total. The highest BCUT2D eigenvalue weighted by atomic mass is 16.5. The third-order valence-electron chi connectivity index (χ3n) is 3.31. The molecule has 0 saturated heterocycles. The van der Waals surface area contributed by atoms with Gasteiger partial charge in [0.25, 0.3) is 0 Å². The molecule has 2 atom stereocenters. The maximum Gasteiger partial charge on any atom is 0.219 e. The summed E-state index contributed by atoms with van der Waals surface area (Å²) < 4.78 is 5.93. The molecule has 2 rings (SSSR count). The largest absolute Gasteiger partial charge is 0.483 e. The number of rotatable bonds is 7. The van der Waals surface area contributed by atoms with Crippen LogP contribution in [-0.2, 0) is 4.79 Å². The topological polar surface area (TPSA) is 58.6 Å². The molecular weight excluding hydrogens is 326 g/mol. The summed E-state index contributed by atoms with van der Waals surface area (Å²) in [6.07, 6.45) is -0.985. The summed E-state index contributed by atoms with van der Waals surface area (Å²) in [4.78, 5) is 11.4. The molecule has 0 saturated carbocycles. The van der Waals surface area contributed by atoms with Gasteiger partial charge >= 0.3 is 0 Å². The van der Waals surface area contributed by atoms with Crippen molar-refractivity contribution >= 4 is 5.91 Å². The first-order valence-corrected chi connectivity index (χ1v) is 9.42. The Morgan fingerprint density at radius 3 is 1.96 bits per heavy atom. The molecule has 0 aliphatic rings. The van der Waals surface area contributed by atoms with Crippen LogP contribution in [0.25, 0.3) is 0 Å². The van der Waals surface area contributed by atoms with E-state index in [1.165, 1.54) is 0 Å². The minimum absolute atomic E-state index is 0.0921. The molecule has 0 heterocycles. The van der Waals surface area contributed by atoms with E-state index in [0.29, 0.717) is 12.2 Å². The van der Waals surface area contributed by atoms with E-state index in [9.17, 15) is 9.90 Å². The lowest BCUT2D eigenvalue weighted by Gasteiger charge is -2.25. The Labute approximate surface area is 158 Å². The number of nitrogens with one attached hydrogen (secondary N) is 1. The standard InChI is InChI=1S/C18H21NO3.2C2H6/c1-2-17(21)19-13-16(20)18(14-9-5-3-6-10-14)22-15-11-7-4-8-12-15;2*1-2/h3-12,16,18,20H,2,13H2,1H3,(H,19,21);2*1-2H3/t16-,18-;;/m0../s1. The molecule has 2 aromatic carbocycles. The van der Waals surface area contributed by atoms with Gasteiger partial charge in [-0.15, -0.1) is 0 Å². The normalized spacial score (nSPS) is 11.6. The molecule has 144 valence electrons. The highest BCUT2D eigenvalue weighted by Crippen LogP contribution is 2.24. The van der Waals surface area contributed by atoms with Crippen LogP contribution in [0.1, 0.15) is 52.7 Å². The number of benzene rings is 2. The number of aliphatic hydroxyl groups excluding tert-OH is 1. The second-order valence-electron chi connectivity index (χ2n) is 4.99. The number of hydrogen-bond acceptors (Lipinski definition) is 3. The molecule has 2 aromatic rings. The van der Waals surface area contributed by atoms with Gasteiger partial charge < -0.3 is 15.2 Å². The van der Waals surface area contributed by atoms with Gasteiger partial charge in [0.1, 0.15) is 11.9 Å². The van der Waals surface area contributed by atoms with Gasteiger partial charge in [-0.25, -0.2) is 0 Å². The third kappa shape index (κ3) is 8.67. The monoisotopic (exact) mass is 359 g/mol. The van der Waals surface area contributed by atoms with Crippen molar-refractivity contribution in [3.8, 4) is 5.75 Å². The first-order chi connectivity index (χ1) is 12.7. The molecule has 4 heteroatoms. The van der Waals surface area contributed by atoms with Crippen molar-refractivity contribution in [2.24, 2.45) is 0 Å². The van der Waals surface area contributed by atoms with Crippen molar-refractivity contribution in [2.75, 3.05) is 6.54 Å². The Morgan fingerprint density at radius 1 is 0.962 bits per heavy atom. The van der Waals surface area contributed by atoms with Gasteiger partial charge in [-0.3, -0.25) is 4.79 Å². The van der Waals surface area contributed by atoms with Gasteiger partial charge in [-0.1, -0.05) is 83.1 Å². The van der Waals surface area contributed by atoms with Gasteiger partial charge in [-0.2, -0.15) is 0 Å². The fourth-order valence-electron chi connectivity index (χ4n) is 2.11. The van der Waals surface area contributed by atoms with Crippen molar-refractivity contribution in [3.05, 3.63) is 66.2 Å². The Kier molecular flexibility index (Phi) is 13.6. The van der Waals surface area contributed by atoms with Crippen molar-refractivity contribution in [1.82, 2.24) is 5.32 Å². The van der Waals surface area contributed by atoms with E-state index >= 15 is 0 Å². The summed E-state index contributed by atoms with van der Waals surface area (Å²) >= 11 is 0. The van der Waals surface area contributed by atoms with Gasteiger partial charge in [0, 0.05) is 13.0 Å². The van der Waals surface area contributed by atoms with E-state index in [0.717, 1.165) is 5.56 Å². The van der Waals surface area contributed by atoms with Crippen LogP contribution < -0.4 is 10.1 Å². The summed E-state index contributed by atoms with van der Waals surface area (Å²) in [6, 6.07) is 18.8. The van der Waals surface area contributed by atoms with Crippen molar-refractivity contribution < 1.29 is 14.6 Å². The number of aliphatic hydroxyl groups is 1. The number of carbonyl (C=O) groups is 1. The molecule has 0 fully saturated rings. The van der Waals surface area contributed by atoms with Crippen LogP contribution >= 0.6 is 0 Å². The van der Waals surface area contributed by atoms with Crippen LogP contribution in [0.5, 0.6) is 5.75 Å². The van der Waals surface area contributed by atoms with Crippen LogP contribution in [0, 0.1) is 0 Å². The van der Waals surface area contributed by atoms with Gasteiger partial charge in [-0.05, 0) is 17.7 Å². The number of ether oxygens (including phenoxy) is 1. The second-order valence-corrected chi connectivity index (χ2v) is 4.99. The quantitative estimate of drug-likeness (QED) is 0.750. The average molecular weight is 360 g/mol. The SMILES string of the molecule is CC.CC.CCC(=O)NC[C@H](O)[C@@H](Oc1ccccc1)c1ccccc1. The lowest BCUT2D eigenvalue weighted by Crippen LogP contribution is -2.37. The number of carbonyl (C=O) groups excluding carboxylic acids is 1. The predicted molar refractivity (Wildman–Crippen MR) is 108 cm³/mol. The second kappa shape index (κ2) is 15.0. The van der Waals surface area contributed by atoms with Crippen LogP contribution in [-0.4, -0.2) is 23.7 Å². The fraction of sp³-hybridized carbons (Fsp3) is 0.409. The smallest absolute Gasteiger partial charge is 0.219 e. The maximum absolute atomic E-state index is 11.4. The average Bonchev–Trinajstić information content (AvgIpc) is 2.74. The van der Waals surface area contributed by atoms with Gasteiger partial charge in [0.2, 0.25) is 5.91 Å². The van der Waals surface area contributed by atoms with Crippen LogP contribution in [0.4, 0.5) is 0 Å². The molecule has 0 aromatic heterocycles. The number of para-hydroxylation sites is 1. The van der Waals surface area contributed by atoms with Crippen molar-refractivity contribution in [3.63, 3.8) is 0 Å².